The van der Waals surface area contributed by atoms with Crippen LogP contribution in [0, 0.1) is 6.92 Å². The Hall–Kier alpha value is -1.80. The van der Waals surface area contributed by atoms with Gasteiger partial charge in [-0.1, -0.05) is 18.3 Å². The maximum Gasteiger partial charge on any atom is 0.346 e. The van der Waals surface area contributed by atoms with Crippen LogP contribution in [0.25, 0.3) is 0 Å². The lowest BCUT2D eigenvalue weighted by molar-refractivity contribution is 0.0701. The number of hydrogen-bond donors (Lipinski definition) is 2. The van der Waals surface area contributed by atoms with Gasteiger partial charge in [0.2, 0.25) is 5.13 Å². The van der Waals surface area contributed by atoms with Gasteiger partial charge in [0.15, 0.2) is 0 Å². The molecule has 2 rings (SSSR count). The predicted octanol–water partition coefficient (Wildman–Crippen LogP) is 2.42. The standard InChI is InChI=1S/C11H11N3O3S2/c1-3-7-13-14-11(19-7)12-9(15)6-4-5(2)8(18-6)10(16)17/h4H,3H2,1-2H3,(H,16,17)(H,12,14,15). The van der Waals surface area contributed by atoms with Gasteiger partial charge in [-0.25, -0.2) is 4.79 Å². The Morgan fingerprint density at radius 3 is 2.63 bits per heavy atom. The lowest BCUT2D eigenvalue weighted by Gasteiger charge is -1.96. The number of hydrogen-bond acceptors (Lipinski definition) is 6. The second kappa shape index (κ2) is 5.45. The van der Waals surface area contributed by atoms with E-state index in [2.05, 4.69) is 15.5 Å². The van der Waals surface area contributed by atoms with E-state index in [0.29, 0.717) is 15.6 Å². The number of carboxylic acid groups (broad SMARTS) is 1. The Morgan fingerprint density at radius 2 is 2.11 bits per heavy atom. The molecule has 0 aromatic carbocycles. The summed E-state index contributed by atoms with van der Waals surface area (Å²) in [4.78, 5) is 23.4. The van der Waals surface area contributed by atoms with Crippen LogP contribution in [0.1, 0.15) is 36.8 Å². The minimum absolute atomic E-state index is 0.177. The molecule has 0 aliphatic heterocycles. The van der Waals surface area contributed by atoms with E-state index in [-0.39, 0.29) is 10.8 Å². The van der Waals surface area contributed by atoms with Crippen molar-refractivity contribution in [2.45, 2.75) is 20.3 Å². The van der Waals surface area contributed by atoms with Gasteiger partial charge in [-0.3, -0.25) is 10.1 Å². The normalized spacial score (nSPS) is 10.4. The number of aromatic carboxylic acids is 1. The van der Waals surface area contributed by atoms with Gasteiger partial charge >= 0.3 is 5.97 Å². The number of anilines is 1. The smallest absolute Gasteiger partial charge is 0.346 e. The summed E-state index contributed by atoms with van der Waals surface area (Å²) in [6.45, 7) is 3.62. The van der Waals surface area contributed by atoms with E-state index < -0.39 is 5.97 Å². The van der Waals surface area contributed by atoms with Crippen molar-refractivity contribution in [1.82, 2.24) is 10.2 Å². The zero-order valence-electron chi connectivity index (χ0n) is 10.3. The highest BCUT2D eigenvalue weighted by atomic mass is 32.1. The number of carbonyl (C=O) groups is 2. The summed E-state index contributed by atoms with van der Waals surface area (Å²) in [6, 6.07) is 1.56. The third kappa shape index (κ3) is 2.96. The van der Waals surface area contributed by atoms with Crippen LogP contribution in [0.2, 0.25) is 0 Å². The average Bonchev–Trinajstić information content (AvgIpc) is 2.95. The molecule has 0 radical (unpaired) electrons. The molecule has 19 heavy (non-hydrogen) atoms. The van der Waals surface area contributed by atoms with Crippen molar-refractivity contribution in [2.75, 3.05) is 5.32 Å². The average molecular weight is 297 g/mol. The Bertz CT molecular complexity index is 633. The number of nitrogens with one attached hydrogen (secondary N) is 1. The second-order valence-corrected chi connectivity index (χ2v) is 5.85. The molecule has 2 aromatic rings. The topological polar surface area (TPSA) is 92.2 Å². The van der Waals surface area contributed by atoms with Crippen LogP contribution in [-0.4, -0.2) is 27.2 Å². The first kappa shape index (κ1) is 13.6. The van der Waals surface area contributed by atoms with Crippen molar-refractivity contribution in [3.63, 3.8) is 0 Å². The first-order valence-corrected chi connectivity index (χ1v) is 7.12. The van der Waals surface area contributed by atoms with E-state index in [1.807, 2.05) is 6.92 Å². The molecule has 100 valence electrons. The fourth-order valence-electron chi connectivity index (χ4n) is 1.41. The van der Waals surface area contributed by atoms with Crippen LogP contribution in [-0.2, 0) is 6.42 Å². The zero-order chi connectivity index (χ0) is 14.0. The van der Waals surface area contributed by atoms with Crippen LogP contribution in [0.15, 0.2) is 6.07 Å². The molecule has 2 heterocycles. The minimum Gasteiger partial charge on any atom is -0.477 e. The number of aryl methyl sites for hydroxylation is 2. The molecule has 0 spiro atoms. The van der Waals surface area contributed by atoms with E-state index in [0.717, 1.165) is 22.8 Å². The summed E-state index contributed by atoms with van der Waals surface area (Å²) in [5.41, 5.74) is 0.578. The Balaban J connectivity index is 2.15. The summed E-state index contributed by atoms with van der Waals surface area (Å²) >= 11 is 2.26. The molecule has 2 N–H and O–H groups in total. The first-order valence-electron chi connectivity index (χ1n) is 5.48. The van der Waals surface area contributed by atoms with Crippen molar-refractivity contribution in [3.05, 3.63) is 26.4 Å². The molecule has 1 amide bonds. The maximum absolute atomic E-state index is 11.9. The van der Waals surface area contributed by atoms with Gasteiger partial charge in [0.05, 0.1) is 4.88 Å². The highest BCUT2D eigenvalue weighted by molar-refractivity contribution is 7.17. The number of amides is 1. The van der Waals surface area contributed by atoms with E-state index in [1.165, 1.54) is 11.3 Å². The molecule has 0 fully saturated rings. The van der Waals surface area contributed by atoms with E-state index >= 15 is 0 Å². The summed E-state index contributed by atoms with van der Waals surface area (Å²) in [6.07, 6.45) is 0.759. The monoisotopic (exact) mass is 297 g/mol. The number of thiophene rings is 1. The lowest BCUT2D eigenvalue weighted by Crippen LogP contribution is -2.09. The summed E-state index contributed by atoms with van der Waals surface area (Å²) < 4.78 is 0. The van der Waals surface area contributed by atoms with E-state index in [1.54, 1.807) is 13.0 Å². The molecule has 0 aliphatic rings. The van der Waals surface area contributed by atoms with Crippen LogP contribution in [0.5, 0.6) is 0 Å². The highest BCUT2D eigenvalue weighted by Gasteiger charge is 2.17. The van der Waals surface area contributed by atoms with Crippen LogP contribution in [0.3, 0.4) is 0 Å². The quantitative estimate of drug-likeness (QED) is 0.904. The van der Waals surface area contributed by atoms with Crippen molar-refractivity contribution in [1.29, 1.82) is 0 Å². The van der Waals surface area contributed by atoms with Crippen molar-refractivity contribution >= 4 is 39.7 Å². The fourth-order valence-corrected chi connectivity index (χ4v) is 2.99. The molecule has 0 bridgehead atoms. The van der Waals surface area contributed by atoms with Gasteiger partial charge in [0, 0.05) is 0 Å². The number of aromatic nitrogens is 2. The molecule has 0 unspecified atom stereocenters. The zero-order valence-corrected chi connectivity index (χ0v) is 11.9. The van der Waals surface area contributed by atoms with Crippen LogP contribution < -0.4 is 5.32 Å². The van der Waals surface area contributed by atoms with Crippen molar-refractivity contribution in [2.24, 2.45) is 0 Å². The SMILES string of the molecule is CCc1nnc(NC(=O)c2cc(C)c(C(=O)O)s2)s1. The maximum atomic E-state index is 11.9. The third-order valence-corrected chi connectivity index (χ3v) is 4.53. The number of nitrogens with zero attached hydrogens (tertiary/aromatic N) is 2. The Kier molecular flexibility index (Phi) is 3.91. The molecule has 0 aliphatic carbocycles. The largest absolute Gasteiger partial charge is 0.477 e. The van der Waals surface area contributed by atoms with Gasteiger partial charge in [-0.2, -0.15) is 0 Å². The number of carbonyl (C=O) groups excluding carboxylic acids is 1. The van der Waals surface area contributed by atoms with E-state index in [4.69, 9.17) is 5.11 Å². The molecule has 8 heteroatoms. The molecule has 2 aromatic heterocycles. The predicted molar refractivity (Wildman–Crippen MR) is 73.3 cm³/mol. The third-order valence-electron chi connectivity index (χ3n) is 2.33. The molecular weight excluding hydrogens is 286 g/mol. The number of rotatable bonds is 4. The summed E-state index contributed by atoms with van der Waals surface area (Å²) in [7, 11) is 0. The van der Waals surface area contributed by atoms with Crippen LogP contribution >= 0.6 is 22.7 Å². The van der Waals surface area contributed by atoms with Crippen molar-refractivity contribution in [3.8, 4) is 0 Å². The van der Waals surface area contributed by atoms with Gasteiger partial charge in [-0.05, 0) is 25.0 Å². The second-order valence-electron chi connectivity index (χ2n) is 3.74. The fraction of sp³-hybridized carbons (Fsp3) is 0.273. The molecule has 0 saturated carbocycles. The first-order chi connectivity index (χ1) is 9.01. The number of carboxylic acids is 1. The minimum atomic E-state index is -1.02. The molecule has 0 saturated heterocycles. The Labute approximate surface area is 117 Å². The summed E-state index contributed by atoms with van der Waals surface area (Å²) in [5, 5.41) is 20.6. The van der Waals surface area contributed by atoms with E-state index in [9.17, 15) is 9.59 Å². The van der Waals surface area contributed by atoms with Gasteiger partial charge < -0.3 is 5.11 Å². The summed E-state index contributed by atoms with van der Waals surface area (Å²) in [5.74, 6) is -1.38. The van der Waals surface area contributed by atoms with Gasteiger partial charge in [0.1, 0.15) is 9.88 Å². The van der Waals surface area contributed by atoms with Gasteiger partial charge in [-0.15, -0.1) is 21.5 Å². The molecule has 6 nitrogen and oxygen atoms in total. The molecule has 0 atom stereocenters. The van der Waals surface area contributed by atoms with Crippen molar-refractivity contribution < 1.29 is 14.7 Å². The van der Waals surface area contributed by atoms with Crippen LogP contribution in [0.4, 0.5) is 5.13 Å². The lowest BCUT2D eigenvalue weighted by atomic mass is 10.2. The Morgan fingerprint density at radius 1 is 1.37 bits per heavy atom. The van der Waals surface area contributed by atoms with Gasteiger partial charge in [0.25, 0.3) is 5.91 Å². The highest BCUT2D eigenvalue weighted by Crippen LogP contribution is 2.23. The molecular formula is C11H11N3O3S2.